The molecule has 15 nitrogen and oxygen atoms in total. The lowest BCUT2D eigenvalue weighted by Crippen LogP contribution is -2.51. The Kier molecular flexibility index (Phi) is 15.9. The Bertz CT molecular complexity index is 3380. The number of rotatable bonds is 15. The number of sulfone groups is 1. The number of nitrogen functional groups attached to an aromatic ring is 1. The van der Waals surface area contributed by atoms with E-state index in [-0.39, 0.29) is 53.0 Å². The van der Waals surface area contributed by atoms with Crippen molar-refractivity contribution in [3.8, 4) is 11.8 Å². The number of halogens is 3. The third kappa shape index (κ3) is 12.8. The average molecular weight is 1120 g/mol. The molecule has 2 bridgehead atoms. The average Bonchev–Trinajstić information content (AvgIpc) is 4.11. The van der Waals surface area contributed by atoms with Crippen LogP contribution in [0.25, 0.3) is 21.1 Å². The number of hydrogen-bond donors (Lipinski definition) is 6. The molecule has 20 heteroatoms. The number of anilines is 4. The molecule has 1 aliphatic carbocycles. The molecule has 4 saturated heterocycles. The Hall–Kier alpha value is -6.37. The Morgan fingerprint density at radius 3 is 2.29 bits per heavy atom. The molecule has 3 aromatic carbocycles. The lowest BCUT2D eigenvalue weighted by atomic mass is 9.87. The number of benzene rings is 3. The number of nitrogens with one attached hydrogen (secondary N) is 5. The highest BCUT2D eigenvalue weighted by Gasteiger charge is 2.34. The van der Waals surface area contributed by atoms with Gasteiger partial charge in [0.15, 0.2) is 9.84 Å². The number of amides is 2. The summed E-state index contributed by atoms with van der Waals surface area (Å²) in [6, 6.07) is 25.0. The van der Waals surface area contributed by atoms with E-state index in [2.05, 4.69) is 71.3 Å². The molecule has 2 amide bonds. The summed E-state index contributed by atoms with van der Waals surface area (Å²) in [4.78, 5) is 41.0. The van der Waals surface area contributed by atoms with Crippen molar-refractivity contribution in [1.29, 1.82) is 0 Å². The number of pyridine rings is 1. The van der Waals surface area contributed by atoms with Gasteiger partial charge in [-0.1, -0.05) is 18.1 Å². The normalized spacial score (nSPS) is 20.9. The smallest absolute Gasteiger partial charge is 0.397 e. The van der Waals surface area contributed by atoms with Crippen molar-refractivity contribution in [2.45, 2.75) is 113 Å². The molecule has 7 N–H and O–H groups in total. The summed E-state index contributed by atoms with van der Waals surface area (Å²) in [5, 5.41) is 18.4. The van der Waals surface area contributed by atoms with Crippen LogP contribution in [0.4, 0.5) is 35.9 Å². The lowest BCUT2D eigenvalue weighted by molar-refractivity contribution is -0.140. The predicted octanol–water partition coefficient (Wildman–Crippen LogP) is 7.96. The molecule has 0 saturated carbocycles. The van der Waals surface area contributed by atoms with Crippen molar-refractivity contribution in [2.75, 3.05) is 86.4 Å². The molecule has 0 radical (unpaired) electrons. The highest BCUT2D eigenvalue weighted by atomic mass is 32.2. The first-order chi connectivity index (χ1) is 38.0. The number of aromatic nitrogens is 2. The molecule has 11 rings (SSSR count). The molecule has 7 heterocycles. The number of carbonyl (C=O) groups is 2. The van der Waals surface area contributed by atoms with Crippen LogP contribution < -0.4 is 37.2 Å². The minimum atomic E-state index is -4.45. The largest absolute Gasteiger partial charge is 0.406 e. The topological polar surface area (TPSA) is 182 Å². The zero-order valence-corrected chi connectivity index (χ0v) is 46.4. The summed E-state index contributed by atoms with van der Waals surface area (Å²) in [7, 11) is -3.34. The van der Waals surface area contributed by atoms with Crippen molar-refractivity contribution in [2.24, 2.45) is 5.92 Å². The molecule has 79 heavy (non-hydrogen) atoms. The molecule has 1 unspecified atom stereocenters. The van der Waals surface area contributed by atoms with E-state index in [0.717, 1.165) is 120 Å². The Balaban J connectivity index is 0.616. The van der Waals surface area contributed by atoms with Gasteiger partial charge < -0.3 is 51.6 Å². The van der Waals surface area contributed by atoms with Gasteiger partial charge in [0.1, 0.15) is 16.3 Å². The number of hydrogen-bond acceptors (Lipinski definition) is 13. The van der Waals surface area contributed by atoms with Gasteiger partial charge in [-0.25, -0.2) is 13.4 Å². The maximum Gasteiger partial charge on any atom is 0.406 e. The summed E-state index contributed by atoms with van der Waals surface area (Å²) in [6.45, 7) is 8.32. The first-order valence-corrected chi connectivity index (χ1v) is 30.5. The number of aryl methyl sites for hydroxylation is 1. The van der Waals surface area contributed by atoms with Crippen molar-refractivity contribution >= 4 is 76.9 Å². The van der Waals surface area contributed by atoms with Gasteiger partial charge in [-0.3, -0.25) is 9.59 Å². The maximum absolute atomic E-state index is 13.9. The van der Waals surface area contributed by atoms with Crippen LogP contribution in [-0.4, -0.2) is 135 Å². The minimum absolute atomic E-state index is 0.0201. The fraction of sp³-hybridized carbons (Fsp3) is 0.475. The van der Waals surface area contributed by atoms with E-state index < -0.39 is 22.6 Å². The van der Waals surface area contributed by atoms with Crippen LogP contribution in [0.5, 0.6) is 0 Å². The van der Waals surface area contributed by atoms with E-state index in [0.29, 0.717) is 44.1 Å². The fourth-order valence-corrected chi connectivity index (χ4v) is 14.0. The van der Waals surface area contributed by atoms with E-state index in [1.54, 1.807) is 30.3 Å². The van der Waals surface area contributed by atoms with Crippen LogP contribution in [0, 0.1) is 17.8 Å². The van der Waals surface area contributed by atoms with Gasteiger partial charge in [-0.2, -0.15) is 13.2 Å². The van der Waals surface area contributed by atoms with E-state index in [1.165, 1.54) is 57.7 Å². The number of carbonyl (C=O) groups excluding carboxylic acids is 2. The SMILES string of the molecule is CC(NC(=O)C1CCN(CCN2CCC(Nc3cccc4c3cc(C#CCNc3ccc(S(C)(=O)=O)cc3)n4CC(F)(F)F)CC2)CC1)c1ccc2c(N)c(C(=O)N[C@H]3CCc4cc(N5C[C@H]6CC[C@@H](C5)N6)ccc4C3)sc2n1. The van der Waals surface area contributed by atoms with Gasteiger partial charge in [0.2, 0.25) is 5.91 Å². The quantitative estimate of drug-likeness (QED) is 0.0547. The number of likely N-dealkylation sites (tertiary alicyclic amines) is 2. The van der Waals surface area contributed by atoms with Gasteiger partial charge >= 0.3 is 6.18 Å². The first-order valence-electron chi connectivity index (χ1n) is 27.8. The van der Waals surface area contributed by atoms with Crippen LogP contribution in [0.15, 0.2) is 83.8 Å². The van der Waals surface area contributed by atoms with Crippen LogP contribution in [-0.2, 0) is 34.0 Å². The molecule has 418 valence electrons. The number of piperidine rings is 2. The molecular weight excluding hydrogens is 1050 g/mol. The summed E-state index contributed by atoms with van der Waals surface area (Å²) < 4.78 is 66.4. The number of thiophene rings is 1. The second-order valence-corrected chi connectivity index (χ2v) is 25.4. The number of nitrogens with two attached hydrogens (primary N) is 1. The van der Waals surface area contributed by atoms with Crippen LogP contribution in [0.3, 0.4) is 0 Å². The van der Waals surface area contributed by atoms with Gasteiger partial charge in [0, 0.05) is 103 Å². The number of nitrogens with zero attached hydrogens (tertiary/aromatic N) is 5. The lowest BCUT2D eigenvalue weighted by Gasteiger charge is -2.36. The van der Waals surface area contributed by atoms with Crippen molar-refractivity contribution in [1.82, 2.24) is 35.3 Å². The molecular formula is C59H70F3N11O4S2. The second kappa shape index (κ2) is 23.0. The number of alkyl halides is 3. The summed E-state index contributed by atoms with van der Waals surface area (Å²) in [6.07, 6.45) is 5.09. The Morgan fingerprint density at radius 1 is 0.861 bits per heavy atom. The zero-order valence-electron chi connectivity index (χ0n) is 44.8. The summed E-state index contributed by atoms with van der Waals surface area (Å²) >= 11 is 1.30. The highest BCUT2D eigenvalue weighted by Crippen LogP contribution is 2.36. The third-order valence-corrected chi connectivity index (χ3v) is 19.0. The Morgan fingerprint density at radius 2 is 1.58 bits per heavy atom. The van der Waals surface area contributed by atoms with Crippen LogP contribution >= 0.6 is 11.3 Å². The van der Waals surface area contributed by atoms with E-state index in [4.69, 9.17) is 10.7 Å². The van der Waals surface area contributed by atoms with Crippen LogP contribution in [0.2, 0.25) is 0 Å². The van der Waals surface area contributed by atoms with Gasteiger partial charge in [-0.15, -0.1) is 11.3 Å². The third-order valence-electron chi connectivity index (χ3n) is 16.8. The van der Waals surface area contributed by atoms with E-state index >= 15 is 0 Å². The molecule has 3 aromatic heterocycles. The summed E-state index contributed by atoms with van der Waals surface area (Å²) in [5.41, 5.74) is 13.9. The van der Waals surface area contributed by atoms with Gasteiger partial charge in [0.05, 0.1) is 40.1 Å². The molecule has 5 aliphatic rings. The van der Waals surface area contributed by atoms with Crippen molar-refractivity contribution in [3.63, 3.8) is 0 Å². The van der Waals surface area contributed by atoms with E-state index in [1.807, 2.05) is 25.1 Å². The zero-order chi connectivity index (χ0) is 55.0. The molecule has 6 aromatic rings. The van der Waals surface area contributed by atoms with Crippen LogP contribution in [0.1, 0.15) is 90.1 Å². The molecule has 4 atom stereocenters. The first kappa shape index (κ1) is 54.6. The minimum Gasteiger partial charge on any atom is -0.397 e. The maximum atomic E-state index is 13.9. The molecule has 4 fully saturated rings. The molecule has 0 spiro atoms. The fourth-order valence-electron chi connectivity index (χ4n) is 12.3. The van der Waals surface area contributed by atoms with Crippen molar-refractivity contribution in [3.05, 3.63) is 106 Å². The summed E-state index contributed by atoms with van der Waals surface area (Å²) in [5.74, 6) is 5.64. The standard InChI is InChI=1S/C59H70F3N11O4S2/c1-37(51-19-18-49-54(63)55(78-58(49)69-51)57(75)68-43-10-8-40-32-46(15-9-39(40)31-43)72-34-44-11-12-45(35-72)66-44)65-56(74)38-20-25-70(26-21-38)29-30-71-27-22-42(23-28-71)67-52-6-3-7-53-50(52)33-47(73(53)36-59(60,61)62)5-4-24-64-41-13-16-48(17-14-41)79(2,76)77/h3,6-7,9,13-19,32-33,37-38,42-45,64,66-67H,8,10-12,20-31,34-36,63H2,1-2H3,(H,65,74)(H,68,75)/t37?,43-,44-,45+/m0/s1. The Labute approximate surface area is 464 Å². The second-order valence-electron chi connectivity index (χ2n) is 22.4. The van der Waals surface area contributed by atoms with Gasteiger partial charge in [0.25, 0.3) is 5.91 Å². The number of piperazine rings is 1. The number of fused-ring (bicyclic) bond motifs is 5. The highest BCUT2D eigenvalue weighted by molar-refractivity contribution is 7.90. The predicted molar refractivity (Wildman–Crippen MR) is 308 cm³/mol. The van der Waals surface area contributed by atoms with Crippen molar-refractivity contribution < 1.29 is 31.2 Å². The monoisotopic (exact) mass is 1120 g/mol. The van der Waals surface area contributed by atoms with E-state index in [9.17, 15) is 31.2 Å². The molecule has 4 aliphatic heterocycles. The van der Waals surface area contributed by atoms with Gasteiger partial charge in [-0.05, 0) is 162 Å².